The highest BCUT2D eigenvalue weighted by Crippen LogP contribution is 2.41. The molecule has 0 fully saturated rings. The summed E-state index contributed by atoms with van der Waals surface area (Å²) < 4.78 is 11.4. The summed E-state index contributed by atoms with van der Waals surface area (Å²) in [6.07, 6.45) is 2.01. The van der Waals surface area contributed by atoms with E-state index in [1.807, 2.05) is 45.0 Å². The zero-order valence-electron chi connectivity index (χ0n) is 23.0. The van der Waals surface area contributed by atoms with Crippen LogP contribution in [0.5, 0.6) is 5.75 Å². The van der Waals surface area contributed by atoms with Gasteiger partial charge in [-0.15, -0.1) is 0 Å². The average molecular weight is 528 g/mol. The van der Waals surface area contributed by atoms with Gasteiger partial charge in [-0.2, -0.15) is 0 Å². The van der Waals surface area contributed by atoms with Crippen LogP contribution in [-0.2, 0) is 11.2 Å². The maximum atomic E-state index is 12.8. The van der Waals surface area contributed by atoms with Gasteiger partial charge in [0.15, 0.2) is 6.10 Å². The molecule has 0 aromatic heterocycles. The topological polar surface area (TPSA) is 115 Å². The highest BCUT2D eigenvalue weighted by molar-refractivity contribution is 5.94. The summed E-state index contributed by atoms with van der Waals surface area (Å²) in [5.74, 6) is -0.403. The Morgan fingerprint density at radius 2 is 1.59 bits per heavy atom. The van der Waals surface area contributed by atoms with E-state index >= 15 is 0 Å². The van der Waals surface area contributed by atoms with E-state index in [9.17, 15) is 9.59 Å². The highest BCUT2D eigenvalue weighted by Gasteiger charge is 2.37. The number of hydrogen-bond donors (Lipinski definition) is 3. The number of fused-ring (bicyclic) bond motifs is 1. The molecule has 0 aliphatic carbocycles. The molecule has 0 radical (unpaired) electrons. The Balaban J connectivity index is 1.40. The van der Waals surface area contributed by atoms with Gasteiger partial charge in [-0.05, 0) is 80.6 Å². The zero-order valence-corrected chi connectivity index (χ0v) is 23.0. The average Bonchev–Trinajstić information content (AvgIpc) is 3.26. The van der Waals surface area contributed by atoms with Gasteiger partial charge in [0.1, 0.15) is 17.2 Å². The number of nitrogens with two attached hydrogens (primary N) is 1. The lowest BCUT2D eigenvalue weighted by Crippen LogP contribution is -2.36. The predicted molar refractivity (Wildman–Crippen MR) is 154 cm³/mol. The molecule has 4 rings (SSSR count). The van der Waals surface area contributed by atoms with Crippen LogP contribution in [-0.4, -0.2) is 36.0 Å². The number of ether oxygens (including phenoxy) is 2. The molecule has 0 saturated heterocycles. The van der Waals surface area contributed by atoms with Crippen LogP contribution < -0.4 is 15.8 Å². The van der Waals surface area contributed by atoms with Crippen molar-refractivity contribution in [3.05, 3.63) is 89.0 Å². The highest BCUT2D eigenvalue weighted by atomic mass is 16.6. The standard InChI is InChI=1S/C32H37N3O4/c1-5-6-20-7-9-21(10-8-20)22-11-13-23(14-12-22)30(36)35-18-17-25-26-19-24(31(37)39-32(2,3)4)15-16-27(26)38-28(25)29(33)34/h7-16,19,25,28H,5-6,17-18H2,1-4H3,(H3,33,34)(H,35,36). The van der Waals surface area contributed by atoms with Crippen molar-refractivity contribution in [2.45, 2.75) is 64.6 Å². The van der Waals surface area contributed by atoms with E-state index < -0.39 is 17.7 Å². The van der Waals surface area contributed by atoms with Gasteiger partial charge in [-0.3, -0.25) is 10.2 Å². The lowest BCUT2D eigenvalue weighted by molar-refractivity contribution is 0.00693. The Kier molecular flexibility index (Phi) is 8.38. The van der Waals surface area contributed by atoms with Crippen molar-refractivity contribution in [1.29, 1.82) is 5.41 Å². The van der Waals surface area contributed by atoms with E-state index in [2.05, 4.69) is 36.5 Å². The largest absolute Gasteiger partial charge is 0.482 e. The van der Waals surface area contributed by atoms with Crippen molar-refractivity contribution in [1.82, 2.24) is 5.32 Å². The fraction of sp³-hybridized carbons (Fsp3) is 0.344. The minimum Gasteiger partial charge on any atom is -0.482 e. The SMILES string of the molecule is CCCc1ccc(-c2ccc(C(=O)NCCC3c4cc(C(=O)OC(C)(C)C)ccc4OC3C(=N)N)cc2)cc1. The van der Waals surface area contributed by atoms with Crippen molar-refractivity contribution in [3.63, 3.8) is 0 Å². The van der Waals surface area contributed by atoms with Gasteiger partial charge in [-0.1, -0.05) is 49.7 Å². The van der Waals surface area contributed by atoms with Crippen LogP contribution in [0.3, 0.4) is 0 Å². The molecule has 1 amide bonds. The van der Waals surface area contributed by atoms with Crippen molar-refractivity contribution in [2.75, 3.05) is 6.54 Å². The number of aryl methyl sites for hydroxylation is 1. The summed E-state index contributed by atoms with van der Waals surface area (Å²) in [6.45, 7) is 7.97. The lowest BCUT2D eigenvalue weighted by Gasteiger charge is -2.20. The van der Waals surface area contributed by atoms with Crippen LogP contribution in [0.2, 0.25) is 0 Å². The number of amidine groups is 1. The van der Waals surface area contributed by atoms with Crippen LogP contribution in [0.15, 0.2) is 66.7 Å². The first-order valence-corrected chi connectivity index (χ1v) is 13.4. The van der Waals surface area contributed by atoms with E-state index in [0.717, 1.165) is 29.5 Å². The Labute approximate surface area is 230 Å². The number of carbonyl (C=O) groups is 2. The van der Waals surface area contributed by atoms with Crippen LogP contribution in [0, 0.1) is 5.41 Å². The lowest BCUT2D eigenvalue weighted by atomic mass is 9.90. The van der Waals surface area contributed by atoms with Gasteiger partial charge in [0, 0.05) is 23.6 Å². The summed E-state index contributed by atoms with van der Waals surface area (Å²) in [5.41, 5.74) is 10.5. The third-order valence-corrected chi connectivity index (χ3v) is 6.68. The molecule has 3 aromatic carbocycles. The van der Waals surface area contributed by atoms with Crippen LogP contribution in [0.1, 0.15) is 78.3 Å². The number of esters is 1. The Hall–Kier alpha value is -4.13. The Morgan fingerprint density at radius 1 is 0.974 bits per heavy atom. The second kappa shape index (κ2) is 11.7. The summed E-state index contributed by atoms with van der Waals surface area (Å²) in [5, 5.41) is 11.0. The Morgan fingerprint density at radius 3 is 2.18 bits per heavy atom. The van der Waals surface area contributed by atoms with Gasteiger partial charge >= 0.3 is 5.97 Å². The maximum absolute atomic E-state index is 12.8. The zero-order chi connectivity index (χ0) is 28.2. The van der Waals surface area contributed by atoms with Crippen molar-refractivity contribution < 1.29 is 19.1 Å². The first kappa shape index (κ1) is 27.9. The maximum Gasteiger partial charge on any atom is 0.338 e. The van der Waals surface area contributed by atoms with Crippen molar-refractivity contribution in [2.24, 2.45) is 5.73 Å². The molecule has 204 valence electrons. The van der Waals surface area contributed by atoms with Crippen molar-refractivity contribution >= 4 is 17.7 Å². The normalized spacial score (nSPS) is 16.2. The number of nitrogens with one attached hydrogen (secondary N) is 2. The van der Waals surface area contributed by atoms with E-state index in [1.54, 1.807) is 18.2 Å². The predicted octanol–water partition coefficient (Wildman–Crippen LogP) is 5.86. The molecule has 0 saturated carbocycles. The van der Waals surface area contributed by atoms with E-state index in [-0.39, 0.29) is 17.7 Å². The van der Waals surface area contributed by atoms with E-state index in [1.165, 1.54) is 5.56 Å². The molecule has 1 aliphatic rings. The fourth-order valence-electron chi connectivity index (χ4n) is 4.79. The van der Waals surface area contributed by atoms with E-state index in [4.69, 9.17) is 20.6 Å². The molecule has 2 unspecified atom stereocenters. The minimum atomic E-state index is -0.659. The second-order valence-corrected chi connectivity index (χ2v) is 10.9. The molecule has 7 heteroatoms. The van der Waals surface area contributed by atoms with Gasteiger partial charge in [-0.25, -0.2) is 4.79 Å². The number of carbonyl (C=O) groups excluding carboxylic acids is 2. The van der Waals surface area contributed by atoms with E-state index in [0.29, 0.717) is 29.8 Å². The summed E-state index contributed by atoms with van der Waals surface area (Å²) >= 11 is 0. The first-order chi connectivity index (χ1) is 18.6. The molecule has 0 bridgehead atoms. The molecule has 1 aliphatic heterocycles. The third kappa shape index (κ3) is 6.85. The molecule has 2 atom stereocenters. The summed E-state index contributed by atoms with van der Waals surface area (Å²) in [7, 11) is 0. The summed E-state index contributed by atoms with van der Waals surface area (Å²) in [6, 6.07) is 21.2. The molecule has 1 heterocycles. The van der Waals surface area contributed by atoms with Crippen LogP contribution in [0.4, 0.5) is 0 Å². The Bertz CT molecular complexity index is 1340. The number of hydrogen-bond acceptors (Lipinski definition) is 5. The molecule has 0 spiro atoms. The van der Waals surface area contributed by atoms with Crippen LogP contribution >= 0.6 is 0 Å². The fourth-order valence-corrected chi connectivity index (χ4v) is 4.79. The van der Waals surface area contributed by atoms with Crippen LogP contribution in [0.25, 0.3) is 11.1 Å². The van der Waals surface area contributed by atoms with Gasteiger partial charge in [0.05, 0.1) is 5.56 Å². The number of benzene rings is 3. The second-order valence-electron chi connectivity index (χ2n) is 10.9. The molecule has 7 nitrogen and oxygen atoms in total. The number of rotatable bonds is 9. The molecule has 3 aromatic rings. The minimum absolute atomic E-state index is 0.0975. The quantitative estimate of drug-likeness (QED) is 0.183. The number of amides is 1. The monoisotopic (exact) mass is 527 g/mol. The first-order valence-electron chi connectivity index (χ1n) is 13.4. The van der Waals surface area contributed by atoms with Gasteiger partial charge < -0.3 is 20.5 Å². The molecule has 39 heavy (non-hydrogen) atoms. The molecular weight excluding hydrogens is 490 g/mol. The molecule has 4 N–H and O–H groups in total. The smallest absolute Gasteiger partial charge is 0.338 e. The van der Waals surface area contributed by atoms with Gasteiger partial charge in [0.25, 0.3) is 5.91 Å². The third-order valence-electron chi connectivity index (χ3n) is 6.68. The van der Waals surface area contributed by atoms with Gasteiger partial charge in [0.2, 0.25) is 0 Å². The summed E-state index contributed by atoms with van der Waals surface area (Å²) in [4.78, 5) is 25.5. The molecular formula is C32H37N3O4. The van der Waals surface area contributed by atoms with Crippen molar-refractivity contribution in [3.8, 4) is 16.9 Å².